The second-order valence-corrected chi connectivity index (χ2v) is 14.8. The van der Waals surface area contributed by atoms with Crippen molar-refractivity contribution in [3.05, 3.63) is 218 Å². The highest BCUT2D eigenvalue weighted by atomic mass is 16.3. The van der Waals surface area contributed by atoms with Gasteiger partial charge in [0.2, 0.25) is 0 Å². The zero-order chi connectivity index (χ0) is 39.8. The van der Waals surface area contributed by atoms with Crippen molar-refractivity contribution in [2.24, 2.45) is 0 Å². The third kappa shape index (κ3) is 6.35. The van der Waals surface area contributed by atoms with Gasteiger partial charge in [-0.2, -0.15) is 0 Å². The lowest BCUT2D eigenvalue weighted by Gasteiger charge is -2.26. The number of rotatable bonds is 8. The van der Waals surface area contributed by atoms with Gasteiger partial charge in [-0.1, -0.05) is 164 Å². The molecule has 5 heteroatoms. The molecule has 0 fully saturated rings. The van der Waals surface area contributed by atoms with Crippen molar-refractivity contribution in [3.63, 3.8) is 0 Å². The average molecular weight is 769 g/mol. The maximum atomic E-state index is 7.03. The fourth-order valence-electron chi connectivity index (χ4n) is 8.22. The van der Waals surface area contributed by atoms with Gasteiger partial charge < -0.3 is 9.32 Å². The van der Waals surface area contributed by atoms with E-state index in [1.54, 1.807) is 0 Å². The molecule has 0 bridgehead atoms. The van der Waals surface area contributed by atoms with E-state index in [-0.39, 0.29) is 0 Å². The highest BCUT2D eigenvalue weighted by Gasteiger charge is 2.22. The SMILES string of the molecule is c1ccc(-c2cccc(N(c3ccccc3)c3ccc(-c4ccc(-c5nc(-c6ccccc6)nc(-c6ccccc6)n5)c5c4oc4c6ccccc6ccc45)cc3)c2)cc1. The zero-order valence-electron chi connectivity index (χ0n) is 32.5. The topological polar surface area (TPSA) is 55.1 Å². The van der Waals surface area contributed by atoms with Gasteiger partial charge in [-0.3, -0.25) is 0 Å². The largest absolute Gasteiger partial charge is 0.455 e. The molecule has 0 saturated heterocycles. The maximum Gasteiger partial charge on any atom is 0.164 e. The third-order valence-corrected chi connectivity index (χ3v) is 11.1. The monoisotopic (exact) mass is 768 g/mol. The van der Waals surface area contributed by atoms with Gasteiger partial charge in [-0.15, -0.1) is 0 Å². The summed E-state index contributed by atoms with van der Waals surface area (Å²) in [4.78, 5) is 17.6. The smallest absolute Gasteiger partial charge is 0.164 e. The molecule has 2 aromatic heterocycles. The first-order valence-electron chi connectivity index (χ1n) is 20.1. The van der Waals surface area contributed by atoms with Crippen LogP contribution in [0.5, 0.6) is 0 Å². The van der Waals surface area contributed by atoms with E-state index in [9.17, 15) is 0 Å². The number of fused-ring (bicyclic) bond motifs is 5. The number of benzene rings is 9. The van der Waals surface area contributed by atoms with E-state index < -0.39 is 0 Å². The molecule has 0 aliphatic heterocycles. The van der Waals surface area contributed by atoms with Gasteiger partial charge in [-0.25, -0.2) is 15.0 Å². The minimum atomic E-state index is 0.585. The van der Waals surface area contributed by atoms with E-state index >= 15 is 0 Å². The summed E-state index contributed by atoms with van der Waals surface area (Å²) in [5.41, 5.74) is 11.9. The lowest BCUT2D eigenvalue weighted by atomic mass is 9.97. The van der Waals surface area contributed by atoms with Gasteiger partial charge in [0, 0.05) is 55.5 Å². The van der Waals surface area contributed by atoms with Crippen molar-refractivity contribution < 1.29 is 4.42 Å². The van der Waals surface area contributed by atoms with Crippen LogP contribution in [0, 0.1) is 0 Å². The standard InChI is InChI=1S/C55H36N4O/c1-5-16-37(17-6-1)42-23-15-26-45(36-42)59(43-24-11-4-12-25-43)44-31-28-39(29-32-44)47-34-35-49(50-48-33-30-38-18-13-14-27-46(38)51(48)60-52(47)50)55-57-53(40-19-7-2-8-20-40)56-54(58-55)41-21-9-3-10-22-41/h1-36H. The number of nitrogens with zero attached hydrogens (tertiary/aromatic N) is 4. The summed E-state index contributed by atoms with van der Waals surface area (Å²) in [6.07, 6.45) is 0. The number of furan rings is 1. The van der Waals surface area contributed by atoms with E-state index in [2.05, 4.69) is 163 Å². The Bertz CT molecular complexity index is 3240. The molecular formula is C55H36N4O. The van der Waals surface area contributed by atoms with Crippen molar-refractivity contribution in [2.45, 2.75) is 0 Å². The predicted molar refractivity (Wildman–Crippen MR) is 246 cm³/mol. The van der Waals surface area contributed by atoms with Crippen molar-refractivity contribution >= 4 is 49.8 Å². The van der Waals surface area contributed by atoms with Crippen LogP contribution in [0.1, 0.15) is 0 Å². The van der Waals surface area contributed by atoms with Crippen LogP contribution in [-0.4, -0.2) is 15.0 Å². The van der Waals surface area contributed by atoms with Crippen molar-refractivity contribution in [1.29, 1.82) is 0 Å². The van der Waals surface area contributed by atoms with Crippen LogP contribution in [0.2, 0.25) is 0 Å². The molecule has 2 heterocycles. The summed E-state index contributed by atoms with van der Waals surface area (Å²) >= 11 is 0. The van der Waals surface area contributed by atoms with Crippen molar-refractivity contribution in [2.75, 3.05) is 4.90 Å². The van der Waals surface area contributed by atoms with E-state index in [1.165, 1.54) is 5.56 Å². The first kappa shape index (κ1) is 35.0. The molecule has 0 unspecified atom stereocenters. The number of hydrogen-bond acceptors (Lipinski definition) is 5. The Labute approximate surface area is 347 Å². The third-order valence-electron chi connectivity index (χ3n) is 11.1. The second kappa shape index (κ2) is 15.0. The average Bonchev–Trinajstić information content (AvgIpc) is 3.73. The van der Waals surface area contributed by atoms with E-state index in [0.29, 0.717) is 17.5 Å². The molecule has 0 atom stereocenters. The van der Waals surface area contributed by atoms with Crippen LogP contribution in [0.25, 0.3) is 89.1 Å². The molecule has 0 radical (unpaired) electrons. The molecule has 11 rings (SSSR count). The predicted octanol–water partition coefficient (Wildman–Crippen LogP) is 14.7. The molecule has 0 spiro atoms. The lowest BCUT2D eigenvalue weighted by Crippen LogP contribution is -2.09. The van der Waals surface area contributed by atoms with Crippen molar-refractivity contribution in [3.8, 4) is 56.4 Å². The van der Waals surface area contributed by atoms with E-state index in [4.69, 9.17) is 19.4 Å². The van der Waals surface area contributed by atoms with Gasteiger partial charge >= 0.3 is 0 Å². The normalized spacial score (nSPS) is 11.3. The van der Waals surface area contributed by atoms with Gasteiger partial charge in [0.1, 0.15) is 11.2 Å². The van der Waals surface area contributed by atoms with Gasteiger partial charge in [0.05, 0.1) is 0 Å². The lowest BCUT2D eigenvalue weighted by molar-refractivity contribution is 0.674. The number of aromatic nitrogens is 3. The summed E-state index contributed by atoms with van der Waals surface area (Å²) in [5.74, 6) is 1.81. The molecule has 60 heavy (non-hydrogen) atoms. The van der Waals surface area contributed by atoms with Gasteiger partial charge in [0.25, 0.3) is 0 Å². The van der Waals surface area contributed by atoms with Crippen LogP contribution in [0.3, 0.4) is 0 Å². The van der Waals surface area contributed by atoms with Crippen LogP contribution >= 0.6 is 0 Å². The van der Waals surface area contributed by atoms with Crippen LogP contribution < -0.4 is 4.90 Å². The zero-order valence-corrected chi connectivity index (χ0v) is 32.5. The molecule has 0 aliphatic carbocycles. The highest BCUT2D eigenvalue weighted by Crippen LogP contribution is 2.44. The summed E-state index contributed by atoms with van der Waals surface area (Å²) < 4.78 is 7.03. The Morgan fingerprint density at radius 1 is 0.317 bits per heavy atom. The minimum absolute atomic E-state index is 0.585. The number of anilines is 3. The van der Waals surface area contributed by atoms with Crippen molar-refractivity contribution in [1.82, 2.24) is 15.0 Å². The molecule has 9 aromatic carbocycles. The molecule has 5 nitrogen and oxygen atoms in total. The first-order valence-corrected chi connectivity index (χ1v) is 20.1. The molecule has 0 aliphatic rings. The first-order chi connectivity index (χ1) is 29.7. The molecule has 0 N–H and O–H groups in total. The quantitative estimate of drug-likeness (QED) is 0.154. The highest BCUT2D eigenvalue weighted by molar-refractivity contribution is 6.21. The van der Waals surface area contributed by atoms with Gasteiger partial charge in [0.15, 0.2) is 17.5 Å². The minimum Gasteiger partial charge on any atom is -0.455 e. The summed E-state index contributed by atoms with van der Waals surface area (Å²) in [5, 5.41) is 4.14. The summed E-state index contributed by atoms with van der Waals surface area (Å²) in [7, 11) is 0. The van der Waals surface area contributed by atoms with Crippen LogP contribution in [0.4, 0.5) is 17.1 Å². The van der Waals surface area contributed by atoms with Crippen LogP contribution in [0.15, 0.2) is 223 Å². The van der Waals surface area contributed by atoms with E-state index in [1.807, 2.05) is 60.7 Å². The number of hydrogen-bond donors (Lipinski definition) is 0. The Morgan fingerprint density at radius 2 is 0.850 bits per heavy atom. The maximum absolute atomic E-state index is 7.03. The Hall–Kier alpha value is -8.15. The van der Waals surface area contributed by atoms with E-state index in [0.717, 1.165) is 83.2 Å². The van der Waals surface area contributed by atoms with Gasteiger partial charge in [-0.05, 0) is 76.7 Å². The summed E-state index contributed by atoms with van der Waals surface area (Å²) in [6.45, 7) is 0. The fourth-order valence-corrected chi connectivity index (χ4v) is 8.22. The summed E-state index contributed by atoms with van der Waals surface area (Å²) in [6, 6.07) is 75.7. The molecule has 282 valence electrons. The second-order valence-electron chi connectivity index (χ2n) is 14.8. The molecule has 0 saturated carbocycles. The molecular weight excluding hydrogens is 733 g/mol. The van der Waals surface area contributed by atoms with Crippen LogP contribution in [-0.2, 0) is 0 Å². The molecule has 11 aromatic rings. The number of para-hydroxylation sites is 1. The Morgan fingerprint density at radius 3 is 1.53 bits per heavy atom. The fraction of sp³-hybridized carbons (Fsp3) is 0. The Balaban J connectivity index is 1.09. The molecule has 0 amide bonds. The Kier molecular flexibility index (Phi) is 8.75.